The quantitative estimate of drug-likeness (QED) is 0.327. The van der Waals surface area contributed by atoms with Crippen molar-refractivity contribution in [2.24, 2.45) is 4.99 Å². The molecule has 0 aromatic heterocycles. The van der Waals surface area contributed by atoms with Gasteiger partial charge in [-0.2, -0.15) is 0 Å². The van der Waals surface area contributed by atoms with E-state index < -0.39 is 0 Å². The van der Waals surface area contributed by atoms with Gasteiger partial charge in [0.2, 0.25) is 0 Å². The minimum Gasteiger partial charge on any atom is -0.357 e. The molecular formula is C22H38IN5. The summed E-state index contributed by atoms with van der Waals surface area (Å²) in [6, 6.07) is 8.98. The molecule has 0 spiro atoms. The van der Waals surface area contributed by atoms with Crippen LogP contribution in [-0.2, 0) is 13.1 Å². The lowest BCUT2D eigenvalue weighted by Gasteiger charge is -2.26. The van der Waals surface area contributed by atoms with E-state index in [1.807, 2.05) is 0 Å². The van der Waals surface area contributed by atoms with Gasteiger partial charge in [0.05, 0.1) is 6.54 Å². The molecule has 0 unspecified atom stereocenters. The Bertz CT molecular complexity index is 563. The van der Waals surface area contributed by atoms with Crippen LogP contribution in [0.3, 0.4) is 0 Å². The van der Waals surface area contributed by atoms with E-state index in [4.69, 9.17) is 4.99 Å². The van der Waals surface area contributed by atoms with E-state index in [1.165, 1.54) is 69.4 Å². The van der Waals surface area contributed by atoms with Crippen molar-refractivity contribution in [3.63, 3.8) is 0 Å². The van der Waals surface area contributed by atoms with E-state index in [-0.39, 0.29) is 24.0 Å². The molecule has 2 aliphatic heterocycles. The molecule has 28 heavy (non-hydrogen) atoms. The van der Waals surface area contributed by atoms with Crippen molar-refractivity contribution in [2.45, 2.75) is 52.1 Å². The summed E-state index contributed by atoms with van der Waals surface area (Å²) >= 11 is 0. The second kappa shape index (κ2) is 13.4. The van der Waals surface area contributed by atoms with Gasteiger partial charge >= 0.3 is 0 Å². The molecule has 0 atom stereocenters. The zero-order valence-corrected chi connectivity index (χ0v) is 19.8. The first-order valence-electron chi connectivity index (χ1n) is 10.9. The minimum atomic E-state index is 0. The highest BCUT2D eigenvalue weighted by molar-refractivity contribution is 14.0. The monoisotopic (exact) mass is 499 g/mol. The number of likely N-dealkylation sites (tertiary alicyclic amines) is 2. The molecule has 2 saturated heterocycles. The largest absolute Gasteiger partial charge is 0.357 e. The predicted molar refractivity (Wildman–Crippen MR) is 129 cm³/mol. The number of nitrogens with zero attached hydrogens (tertiary/aromatic N) is 3. The lowest BCUT2D eigenvalue weighted by Crippen LogP contribution is -2.42. The second-order valence-corrected chi connectivity index (χ2v) is 7.82. The van der Waals surface area contributed by atoms with Crippen molar-refractivity contribution in [2.75, 3.05) is 45.8 Å². The molecule has 2 fully saturated rings. The molecule has 2 N–H and O–H groups in total. The van der Waals surface area contributed by atoms with Crippen LogP contribution in [0, 0.1) is 0 Å². The maximum atomic E-state index is 4.76. The van der Waals surface area contributed by atoms with E-state index in [0.717, 1.165) is 38.7 Å². The van der Waals surface area contributed by atoms with Gasteiger partial charge in [-0.1, -0.05) is 30.7 Å². The Kier molecular flexibility index (Phi) is 11.2. The summed E-state index contributed by atoms with van der Waals surface area (Å²) in [5.41, 5.74) is 2.68. The van der Waals surface area contributed by atoms with Crippen LogP contribution < -0.4 is 10.6 Å². The van der Waals surface area contributed by atoms with Crippen molar-refractivity contribution in [1.29, 1.82) is 0 Å². The summed E-state index contributed by atoms with van der Waals surface area (Å²) < 4.78 is 0. The van der Waals surface area contributed by atoms with E-state index in [2.05, 4.69) is 51.6 Å². The van der Waals surface area contributed by atoms with Gasteiger partial charge in [-0.05, 0) is 69.9 Å². The summed E-state index contributed by atoms with van der Waals surface area (Å²) in [4.78, 5) is 9.86. The molecule has 5 nitrogen and oxygen atoms in total. The SMILES string of the molecule is CCNC(=NCc1ccc(CN2CCCC2)cc1)NCCN1CCCCC1.I. The van der Waals surface area contributed by atoms with E-state index in [1.54, 1.807) is 0 Å². The van der Waals surface area contributed by atoms with Crippen molar-refractivity contribution in [3.05, 3.63) is 35.4 Å². The maximum absolute atomic E-state index is 4.76. The lowest BCUT2D eigenvalue weighted by atomic mass is 10.1. The Morgan fingerprint density at radius 3 is 2.14 bits per heavy atom. The molecule has 1 aromatic rings. The van der Waals surface area contributed by atoms with Gasteiger partial charge in [-0.15, -0.1) is 24.0 Å². The third-order valence-electron chi connectivity index (χ3n) is 5.56. The van der Waals surface area contributed by atoms with Crippen LogP contribution in [0.15, 0.2) is 29.3 Å². The van der Waals surface area contributed by atoms with Gasteiger partial charge in [0.1, 0.15) is 0 Å². The normalized spacial score (nSPS) is 18.7. The molecular weight excluding hydrogens is 461 g/mol. The van der Waals surface area contributed by atoms with Crippen molar-refractivity contribution >= 4 is 29.9 Å². The molecule has 6 heteroatoms. The van der Waals surface area contributed by atoms with Crippen LogP contribution in [0.5, 0.6) is 0 Å². The third kappa shape index (κ3) is 8.25. The second-order valence-electron chi connectivity index (χ2n) is 7.82. The van der Waals surface area contributed by atoms with Gasteiger partial charge in [0.15, 0.2) is 5.96 Å². The van der Waals surface area contributed by atoms with Crippen LogP contribution in [0.4, 0.5) is 0 Å². The fraction of sp³-hybridized carbons (Fsp3) is 0.682. The summed E-state index contributed by atoms with van der Waals surface area (Å²) in [6.45, 7) is 11.9. The Morgan fingerprint density at radius 2 is 1.46 bits per heavy atom. The highest BCUT2D eigenvalue weighted by atomic mass is 127. The zero-order chi connectivity index (χ0) is 18.7. The van der Waals surface area contributed by atoms with Crippen molar-refractivity contribution in [1.82, 2.24) is 20.4 Å². The van der Waals surface area contributed by atoms with Crippen LogP contribution in [-0.4, -0.2) is 61.6 Å². The molecule has 0 amide bonds. The van der Waals surface area contributed by atoms with Crippen molar-refractivity contribution in [3.8, 4) is 0 Å². The number of aliphatic imine (C=N–C) groups is 1. The first-order valence-corrected chi connectivity index (χ1v) is 10.9. The number of halogens is 1. The molecule has 3 rings (SSSR count). The fourth-order valence-electron chi connectivity index (χ4n) is 3.98. The molecule has 0 aliphatic carbocycles. The van der Waals surface area contributed by atoms with Crippen LogP contribution in [0.25, 0.3) is 0 Å². The van der Waals surface area contributed by atoms with Crippen LogP contribution >= 0.6 is 24.0 Å². The molecule has 158 valence electrons. The number of hydrogen-bond acceptors (Lipinski definition) is 3. The van der Waals surface area contributed by atoms with Crippen molar-refractivity contribution < 1.29 is 0 Å². The minimum absolute atomic E-state index is 0. The highest BCUT2D eigenvalue weighted by Crippen LogP contribution is 2.13. The van der Waals surface area contributed by atoms with Crippen LogP contribution in [0.1, 0.15) is 50.2 Å². The smallest absolute Gasteiger partial charge is 0.191 e. The molecule has 0 bridgehead atoms. The van der Waals surface area contributed by atoms with E-state index >= 15 is 0 Å². The highest BCUT2D eigenvalue weighted by Gasteiger charge is 2.11. The van der Waals surface area contributed by atoms with Gasteiger partial charge < -0.3 is 15.5 Å². The number of rotatable bonds is 8. The van der Waals surface area contributed by atoms with Crippen LogP contribution in [0.2, 0.25) is 0 Å². The third-order valence-corrected chi connectivity index (χ3v) is 5.56. The lowest BCUT2D eigenvalue weighted by molar-refractivity contribution is 0.232. The Hall–Kier alpha value is -0.860. The summed E-state index contributed by atoms with van der Waals surface area (Å²) in [5, 5.41) is 6.85. The van der Waals surface area contributed by atoms with Gasteiger partial charge in [-0.25, -0.2) is 4.99 Å². The van der Waals surface area contributed by atoms with E-state index in [0.29, 0.717) is 0 Å². The Labute approximate surface area is 188 Å². The molecule has 1 aromatic carbocycles. The number of nitrogens with one attached hydrogen (secondary N) is 2. The number of piperidine rings is 1. The summed E-state index contributed by atoms with van der Waals surface area (Å²) in [6.07, 6.45) is 6.80. The first-order chi connectivity index (χ1) is 13.3. The van der Waals surface area contributed by atoms with E-state index in [9.17, 15) is 0 Å². The molecule has 2 heterocycles. The predicted octanol–water partition coefficient (Wildman–Crippen LogP) is 3.44. The number of benzene rings is 1. The fourth-order valence-corrected chi connectivity index (χ4v) is 3.98. The first kappa shape index (κ1) is 23.4. The van der Waals surface area contributed by atoms with Gasteiger partial charge in [0.25, 0.3) is 0 Å². The summed E-state index contributed by atoms with van der Waals surface area (Å²) in [5.74, 6) is 0.927. The van der Waals surface area contributed by atoms with Gasteiger partial charge in [-0.3, -0.25) is 4.90 Å². The number of hydrogen-bond donors (Lipinski definition) is 2. The molecule has 2 aliphatic rings. The number of guanidine groups is 1. The maximum Gasteiger partial charge on any atom is 0.191 e. The average molecular weight is 499 g/mol. The zero-order valence-electron chi connectivity index (χ0n) is 17.5. The Morgan fingerprint density at radius 1 is 0.857 bits per heavy atom. The average Bonchev–Trinajstić information content (AvgIpc) is 3.21. The topological polar surface area (TPSA) is 42.9 Å². The van der Waals surface area contributed by atoms with Gasteiger partial charge in [0, 0.05) is 26.2 Å². The standard InChI is InChI=1S/C22H37N5.HI/c1-2-23-22(24-12-17-26-13-4-3-5-14-26)25-18-20-8-10-21(11-9-20)19-27-15-6-7-16-27;/h8-11H,2-7,12-19H2,1H3,(H2,23,24,25);1H. The Balaban J connectivity index is 0.00000280. The summed E-state index contributed by atoms with van der Waals surface area (Å²) in [7, 11) is 0. The molecule has 0 saturated carbocycles. The molecule has 0 radical (unpaired) electrons.